The molecule has 0 saturated carbocycles. The summed E-state index contributed by atoms with van der Waals surface area (Å²) >= 11 is 0. The topological polar surface area (TPSA) is 49.3 Å². The summed E-state index contributed by atoms with van der Waals surface area (Å²) in [6, 6.07) is 7.71. The summed E-state index contributed by atoms with van der Waals surface area (Å²) in [5, 5.41) is 11.2. The molecule has 1 aromatic rings. The Labute approximate surface area is 90.1 Å². The lowest BCUT2D eigenvalue weighted by atomic mass is 9.99. The van der Waals surface area contributed by atoms with E-state index in [0.717, 1.165) is 12.1 Å². The molecule has 1 rings (SSSR count). The average Bonchev–Trinajstić information content (AvgIpc) is 2.29. The second kappa shape index (κ2) is 5.51. The van der Waals surface area contributed by atoms with Gasteiger partial charge in [0, 0.05) is 5.69 Å². The van der Waals surface area contributed by atoms with Gasteiger partial charge in [-0.1, -0.05) is 26.0 Å². The zero-order valence-corrected chi connectivity index (χ0v) is 9.16. The van der Waals surface area contributed by atoms with Crippen LogP contribution in [0.3, 0.4) is 0 Å². The molecule has 1 unspecified atom stereocenters. The van der Waals surface area contributed by atoms with Crippen molar-refractivity contribution >= 4 is 11.6 Å². The standard InChI is InChI=1S/C12H17NO2/c1-3-9(2)10-4-6-11(7-5-10)13-12(15)8-14/h4-7,9,14H,3,8H2,1-2H3,(H,13,15). The van der Waals surface area contributed by atoms with E-state index in [1.54, 1.807) is 0 Å². The van der Waals surface area contributed by atoms with Crippen molar-refractivity contribution in [2.24, 2.45) is 0 Å². The van der Waals surface area contributed by atoms with E-state index in [0.29, 0.717) is 5.92 Å². The highest BCUT2D eigenvalue weighted by molar-refractivity contribution is 5.91. The summed E-state index contributed by atoms with van der Waals surface area (Å²) in [5.41, 5.74) is 1.99. The molecule has 3 nitrogen and oxygen atoms in total. The van der Waals surface area contributed by atoms with Crippen LogP contribution in [0.5, 0.6) is 0 Å². The number of aliphatic hydroxyl groups is 1. The maximum Gasteiger partial charge on any atom is 0.250 e. The Kier molecular flexibility index (Phi) is 4.31. The quantitative estimate of drug-likeness (QED) is 0.794. The first-order valence-corrected chi connectivity index (χ1v) is 5.18. The lowest BCUT2D eigenvalue weighted by Crippen LogP contribution is -2.15. The van der Waals surface area contributed by atoms with Crippen molar-refractivity contribution in [1.82, 2.24) is 0 Å². The van der Waals surface area contributed by atoms with Gasteiger partial charge in [-0.2, -0.15) is 0 Å². The van der Waals surface area contributed by atoms with Gasteiger partial charge in [0.2, 0.25) is 5.91 Å². The lowest BCUT2D eigenvalue weighted by Gasteiger charge is -2.09. The van der Waals surface area contributed by atoms with E-state index < -0.39 is 6.61 Å². The largest absolute Gasteiger partial charge is 0.387 e. The predicted molar refractivity (Wildman–Crippen MR) is 60.9 cm³/mol. The molecule has 0 aromatic heterocycles. The molecule has 0 aliphatic rings. The molecule has 0 bridgehead atoms. The normalized spacial score (nSPS) is 12.2. The molecule has 82 valence electrons. The van der Waals surface area contributed by atoms with Gasteiger partial charge >= 0.3 is 0 Å². The molecule has 15 heavy (non-hydrogen) atoms. The van der Waals surface area contributed by atoms with E-state index in [4.69, 9.17) is 5.11 Å². The van der Waals surface area contributed by atoms with Crippen molar-refractivity contribution in [2.75, 3.05) is 11.9 Å². The van der Waals surface area contributed by atoms with Crippen molar-refractivity contribution < 1.29 is 9.90 Å². The molecule has 0 saturated heterocycles. The van der Waals surface area contributed by atoms with E-state index in [9.17, 15) is 4.79 Å². The average molecular weight is 207 g/mol. The van der Waals surface area contributed by atoms with Crippen molar-refractivity contribution in [2.45, 2.75) is 26.2 Å². The predicted octanol–water partition coefficient (Wildman–Crippen LogP) is 2.13. The Balaban J connectivity index is 2.68. The van der Waals surface area contributed by atoms with Crippen molar-refractivity contribution in [3.63, 3.8) is 0 Å². The Morgan fingerprint density at radius 3 is 2.47 bits per heavy atom. The van der Waals surface area contributed by atoms with Gasteiger partial charge in [-0.3, -0.25) is 4.79 Å². The van der Waals surface area contributed by atoms with E-state index >= 15 is 0 Å². The third kappa shape index (κ3) is 3.36. The molecule has 0 radical (unpaired) electrons. The zero-order chi connectivity index (χ0) is 11.3. The lowest BCUT2D eigenvalue weighted by molar-refractivity contribution is -0.118. The minimum Gasteiger partial charge on any atom is -0.387 e. The number of rotatable bonds is 4. The fourth-order valence-electron chi connectivity index (χ4n) is 1.33. The van der Waals surface area contributed by atoms with Crippen LogP contribution in [0.15, 0.2) is 24.3 Å². The van der Waals surface area contributed by atoms with E-state index in [-0.39, 0.29) is 5.91 Å². The molecule has 0 aliphatic carbocycles. The number of aliphatic hydroxyl groups excluding tert-OH is 1. The van der Waals surface area contributed by atoms with Crippen LogP contribution in [-0.4, -0.2) is 17.6 Å². The summed E-state index contributed by atoms with van der Waals surface area (Å²) in [7, 11) is 0. The first-order valence-electron chi connectivity index (χ1n) is 5.18. The SMILES string of the molecule is CCC(C)c1ccc(NC(=O)CO)cc1. The van der Waals surface area contributed by atoms with Gasteiger partial charge in [-0.05, 0) is 30.0 Å². The Hall–Kier alpha value is -1.35. The van der Waals surface area contributed by atoms with Crippen LogP contribution >= 0.6 is 0 Å². The molecule has 1 atom stereocenters. The molecular weight excluding hydrogens is 190 g/mol. The molecule has 3 heteroatoms. The number of amides is 1. The Bertz CT molecular complexity index is 319. The minimum atomic E-state index is -0.479. The summed E-state index contributed by atoms with van der Waals surface area (Å²) in [6.45, 7) is 3.83. The highest BCUT2D eigenvalue weighted by atomic mass is 16.3. The summed E-state index contributed by atoms with van der Waals surface area (Å²) < 4.78 is 0. The third-order valence-corrected chi connectivity index (χ3v) is 2.52. The first kappa shape index (κ1) is 11.7. The van der Waals surface area contributed by atoms with Crippen LogP contribution < -0.4 is 5.32 Å². The van der Waals surface area contributed by atoms with E-state index in [1.165, 1.54) is 5.56 Å². The number of carbonyl (C=O) groups excluding carboxylic acids is 1. The number of hydrogen-bond acceptors (Lipinski definition) is 2. The second-order valence-corrected chi connectivity index (χ2v) is 3.64. The Morgan fingerprint density at radius 1 is 1.40 bits per heavy atom. The van der Waals surface area contributed by atoms with Gasteiger partial charge in [0.25, 0.3) is 0 Å². The molecule has 0 heterocycles. The molecule has 0 fully saturated rings. The van der Waals surface area contributed by atoms with Crippen LogP contribution in [0.1, 0.15) is 31.7 Å². The van der Waals surface area contributed by atoms with Gasteiger partial charge in [-0.15, -0.1) is 0 Å². The summed E-state index contributed by atoms with van der Waals surface area (Å²) in [4.78, 5) is 10.9. The minimum absolute atomic E-state index is 0.383. The highest BCUT2D eigenvalue weighted by Crippen LogP contribution is 2.20. The van der Waals surface area contributed by atoms with Gasteiger partial charge in [-0.25, -0.2) is 0 Å². The first-order chi connectivity index (χ1) is 7.17. The van der Waals surface area contributed by atoms with Gasteiger partial charge in [0.1, 0.15) is 6.61 Å². The Morgan fingerprint density at radius 2 is 2.00 bits per heavy atom. The fourth-order valence-corrected chi connectivity index (χ4v) is 1.33. The molecular formula is C12H17NO2. The van der Waals surface area contributed by atoms with Crippen LogP contribution in [-0.2, 0) is 4.79 Å². The number of benzene rings is 1. The molecule has 1 amide bonds. The number of carbonyl (C=O) groups is 1. The van der Waals surface area contributed by atoms with Gasteiger partial charge in [0.05, 0.1) is 0 Å². The number of hydrogen-bond donors (Lipinski definition) is 2. The molecule has 0 aliphatic heterocycles. The smallest absolute Gasteiger partial charge is 0.250 e. The monoisotopic (exact) mass is 207 g/mol. The fraction of sp³-hybridized carbons (Fsp3) is 0.417. The summed E-state index contributed by atoms with van der Waals surface area (Å²) in [6.07, 6.45) is 1.10. The van der Waals surface area contributed by atoms with Gasteiger partial charge in [0.15, 0.2) is 0 Å². The van der Waals surface area contributed by atoms with Crippen molar-refractivity contribution in [3.8, 4) is 0 Å². The van der Waals surface area contributed by atoms with Gasteiger partial charge < -0.3 is 10.4 Å². The summed E-state index contributed by atoms with van der Waals surface area (Å²) in [5.74, 6) is 0.152. The van der Waals surface area contributed by atoms with Crippen LogP contribution in [0.2, 0.25) is 0 Å². The maximum absolute atomic E-state index is 10.9. The third-order valence-electron chi connectivity index (χ3n) is 2.52. The number of nitrogens with one attached hydrogen (secondary N) is 1. The van der Waals surface area contributed by atoms with E-state index in [2.05, 4.69) is 19.2 Å². The number of anilines is 1. The van der Waals surface area contributed by atoms with Crippen LogP contribution in [0.4, 0.5) is 5.69 Å². The van der Waals surface area contributed by atoms with E-state index in [1.807, 2.05) is 24.3 Å². The second-order valence-electron chi connectivity index (χ2n) is 3.64. The van der Waals surface area contributed by atoms with Crippen LogP contribution in [0, 0.1) is 0 Å². The maximum atomic E-state index is 10.9. The van der Waals surface area contributed by atoms with Crippen molar-refractivity contribution in [1.29, 1.82) is 0 Å². The van der Waals surface area contributed by atoms with Crippen molar-refractivity contribution in [3.05, 3.63) is 29.8 Å². The molecule has 2 N–H and O–H groups in total. The van der Waals surface area contributed by atoms with Crippen LogP contribution in [0.25, 0.3) is 0 Å². The molecule has 1 aromatic carbocycles. The molecule has 0 spiro atoms. The zero-order valence-electron chi connectivity index (χ0n) is 9.16. The highest BCUT2D eigenvalue weighted by Gasteiger charge is 2.03.